The molecule has 1 aromatic carbocycles. The summed E-state index contributed by atoms with van der Waals surface area (Å²) in [5.41, 5.74) is 0.465. The normalized spacial score (nSPS) is 12.3. The van der Waals surface area contributed by atoms with E-state index in [1.807, 2.05) is 11.4 Å². The largest absolute Gasteiger partial charge is 0.479 e. The van der Waals surface area contributed by atoms with Crippen LogP contribution in [0.1, 0.15) is 19.4 Å². The topological polar surface area (TPSA) is 118 Å². The highest BCUT2D eigenvalue weighted by Gasteiger charge is 2.24. The van der Waals surface area contributed by atoms with E-state index in [1.54, 1.807) is 24.3 Å². The molecule has 0 aliphatic rings. The van der Waals surface area contributed by atoms with E-state index in [0.29, 0.717) is 11.3 Å². The molecule has 0 aromatic heterocycles. The number of rotatable bonds is 5. The zero-order valence-corrected chi connectivity index (χ0v) is 13.0. The van der Waals surface area contributed by atoms with E-state index in [4.69, 9.17) is 14.7 Å². The lowest BCUT2D eigenvalue weighted by Gasteiger charge is -2.17. The van der Waals surface area contributed by atoms with Gasteiger partial charge in [-0.3, -0.25) is 10.1 Å². The molecule has 23 heavy (non-hydrogen) atoms. The van der Waals surface area contributed by atoms with Gasteiger partial charge in [0.05, 0.1) is 11.6 Å². The highest BCUT2D eigenvalue weighted by atomic mass is 16.6. The van der Waals surface area contributed by atoms with Crippen molar-refractivity contribution in [2.75, 3.05) is 7.05 Å². The Morgan fingerprint density at radius 3 is 2.26 bits per heavy atom. The van der Waals surface area contributed by atoms with Crippen LogP contribution in [0, 0.1) is 11.3 Å². The van der Waals surface area contributed by atoms with Gasteiger partial charge in [0.25, 0.3) is 5.91 Å². The lowest BCUT2D eigenvalue weighted by atomic mass is 10.2. The zero-order valence-electron chi connectivity index (χ0n) is 13.0. The van der Waals surface area contributed by atoms with Crippen molar-refractivity contribution >= 4 is 17.9 Å². The maximum absolute atomic E-state index is 11.9. The Labute approximate surface area is 133 Å². The molecule has 0 radical (unpaired) electrons. The molecule has 0 fully saturated rings. The number of nitrogens with zero attached hydrogens (tertiary/aromatic N) is 1. The van der Waals surface area contributed by atoms with Gasteiger partial charge in [-0.05, 0) is 38.1 Å². The Morgan fingerprint density at radius 1 is 1.13 bits per heavy atom. The molecule has 2 atom stereocenters. The fourth-order valence-corrected chi connectivity index (χ4v) is 1.46. The van der Waals surface area contributed by atoms with Gasteiger partial charge in [0, 0.05) is 7.05 Å². The molecule has 0 saturated carbocycles. The lowest BCUT2D eigenvalue weighted by Crippen LogP contribution is -2.44. The predicted octanol–water partition coefficient (Wildman–Crippen LogP) is 0.713. The molecular weight excluding hydrogens is 302 g/mol. The van der Waals surface area contributed by atoms with Gasteiger partial charge in [-0.25, -0.2) is 9.59 Å². The first kappa shape index (κ1) is 18.0. The molecule has 8 nitrogen and oxygen atoms in total. The molecule has 1 rings (SSSR count). The van der Waals surface area contributed by atoms with Crippen LogP contribution in [0.4, 0.5) is 4.79 Å². The summed E-state index contributed by atoms with van der Waals surface area (Å²) >= 11 is 0. The molecule has 0 aliphatic carbocycles. The van der Waals surface area contributed by atoms with E-state index in [2.05, 4.69) is 5.32 Å². The number of imide groups is 1. The summed E-state index contributed by atoms with van der Waals surface area (Å²) in [6, 6.07) is 7.46. The lowest BCUT2D eigenvalue weighted by molar-refractivity contribution is -0.160. The van der Waals surface area contributed by atoms with Crippen LogP contribution in [0.15, 0.2) is 24.3 Å². The third kappa shape index (κ3) is 5.67. The molecule has 0 aliphatic heterocycles. The number of benzene rings is 1. The number of hydrogen-bond donors (Lipinski definition) is 2. The highest BCUT2D eigenvalue weighted by molar-refractivity contribution is 5.97. The summed E-state index contributed by atoms with van der Waals surface area (Å²) in [7, 11) is 1.35. The second-order valence-electron chi connectivity index (χ2n) is 4.54. The number of urea groups is 1. The fourth-order valence-electron chi connectivity index (χ4n) is 1.46. The molecule has 122 valence electrons. The minimum atomic E-state index is -1.15. The van der Waals surface area contributed by atoms with E-state index in [0.717, 1.165) is 0 Å². The Hall–Kier alpha value is -3.08. The van der Waals surface area contributed by atoms with Crippen LogP contribution in [0.5, 0.6) is 5.75 Å². The Kier molecular flexibility index (Phi) is 6.55. The Bertz CT molecular complexity index is 621. The van der Waals surface area contributed by atoms with E-state index < -0.39 is 30.1 Å². The smallest absolute Gasteiger partial charge is 0.347 e. The van der Waals surface area contributed by atoms with E-state index >= 15 is 0 Å². The molecule has 0 bridgehead atoms. The summed E-state index contributed by atoms with van der Waals surface area (Å²) in [5, 5.41) is 12.9. The van der Waals surface area contributed by atoms with E-state index in [9.17, 15) is 14.4 Å². The molecular formula is C15H17N3O5. The van der Waals surface area contributed by atoms with E-state index in [1.165, 1.54) is 20.9 Å². The number of nitrogens with one attached hydrogen (secondary N) is 2. The summed E-state index contributed by atoms with van der Waals surface area (Å²) in [4.78, 5) is 34.4. The van der Waals surface area contributed by atoms with Crippen LogP contribution in [-0.2, 0) is 14.3 Å². The standard InChI is InChI=1S/C15H17N3O5/c1-9(13(19)18-15(21)17-3)23-14(20)10(2)22-12-6-4-11(8-16)5-7-12/h4-7,9-10H,1-3H3,(H2,17,18,19,21)/t9-,10+/m1/s1. The maximum atomic E-state index is 11.9. The minimum absolute atomic E-state index is 0.385. The maximum Gasteiger partial charge on any atom is 0.347 e. The summed E-state index contributed by atoms with van der Waals surface area (Å²) in [6.45, 7) is 2.80. The van der Waals surface area contributed by atoms with Crippen LogP contribution < -0.4 is 15.4 Å². The van der Waals surface area contributed by atoms with Gasteiger partial charge in [0.1, 0.15) is 5.75 Å². The van der Waals surface area contributed by atoms with Gasteiger partial charge in [0.15, 0.2) is 12.2 Å². The molecule has 0 spiro atoms. The number of nitriles is 1. The van der Waals surface area contributed by atoms with Crippen LogP contribution in [0.2, 0.25) is 0 Å². The predicted molar refractivity (Wildman–Crippen MR) is 79.4 cm³/mol. The first-order valence-corrected chi connectivity index (χ1v) is 6.77. The molecule has 3 amide bonds. The van der Waals surface area contributed by atoms with Crippen molar-refractivity contribution in [3.63, 3.8) is 0 Å². The number of esters is 1. The van der Waals surface area contributed by atoms with Crippen LogP contribution in [0.25, 0.3) is 0 Å². The van der Waals surface area contributed by atoms with Crippen molar-refractivity contribution in [1.82, 2.24) is 10.6 Å². The molecule has 1 aromatic rings. The third-order valence-electron chi connectivity index (χ3n) is 2.75. The minimum Gasteiger partial charge on any atom is -0.479 e. The second-order valence-corrected chi connectivity index (χ2v) is 4.54. The number of carbonyl (C=O) groups excluding carboxylic acids is 3. The second kappa shape index (κ2) is 8.38. The average molecular weight is 319 g/mol. The Morgan fingerprint density at radius 2 is 1.74 bits per heavy atom. The molecule has 0 unspecified atom stereocenters. The van der Waals surface area contributed by atoms with Crippen LogP contribution in [-0.4, -0.2) is 37.2 Å². The molecule has 0 saturated heterocycles. The molecule has 8 heteroatoms. The first-order chi connectivity index (χ1) is 10.9. The summed E-state index contributed by atoms with van der Waals surface area (Å²) in [5.74, 6) is -1.12. The molecule has 0 heterocycles. The summed E-state index contributed by atoms with van der Waals surface area (Å²) < 4.78 is 10.3. The van der Waals surface area contributed by atoms with Gasteiger partial charge in [-0.1, -0.05) is 0 Å². The van der Waals surface area contributed by atoms with E-state index in [-0.39, 0.29) is 0 Å². The highest BCUT2D eigenvalue weighted by Crippen LogP contribution is 2.14. The number of ether oxygens (including phenoxy) is 2. The quantitative estimate of drug-likeness (QED) is 0.772. The van der Waals surface area contributed by atoms with Crippen molar-refractivity contribution in [1.29, 1.82) is 5.26 Å². The number of carbonyl (C=O) groups is 3. The number of hydrogen-bond acceptors (Lipinski definition) is 6. The van der Waals surface area contributed by atoms with Crippen molar-refractivity contribution in [2.45, 2.75) is 26.1 Å². The molecule has 2 N–H and O–H groups in total. The van der Waals surface area contributed by atoms with Gasteiger partial charge < -0.3 is 14.8 Å². The average Bonchev–Trinajstić information content (AvgIpc) is 2.55. The SMILES string of the molecule is CNC(=O)NC(=O)[C@@H](C)OC(=O)[C@H](C)Oc1ccc(C#N)cc1. The van der Waals surface area contributed by atoms with Crippen molar-refractivity contribution in [2.24, 2.45) is 0 Å². The van der Waals surface area contributed by atoms with Gasteiger partial charge >= 0.3 is 12.0 Å². The third-order valence-corrected chi connectivity index (χ3v) is 2.75. The van der Waals surface area contributed by atoms with Crippen molar-refractivity contribution < 1.29 is 23.9 Å². The zero-order chi connectivity index (χ0) is 17.4. The van der Waals surface area contributed by atoms with Gasteiger partial charge in [-0.2, -0.15) is 5.26 Å². The van der Waals surface area contributed by atoms with Gasteiger partial charge in [-0.15, -0.1) is 0 Å². The fraction of sp³-hybridized carbons (Fsp3) is 0.333. The van der Waals surface area contributed by atoms with Crippen molar-refractivity contribution in [3.8, 4) is 11.8 Å². The van der Waals surface area contributed by atoms with Gasteiger partial charge in [0.2, 0.25) is 0 Å². The van der Waals surface area contributed by atoms with Crippen LogP contribution >= 0.6 is 0 Å². The monoisotopic (exact) mass is 319 g/mol. The van der Waals surface area contributed by atoms with Crippen LogP contribution in [0.3, 0.4) is 0 Å². The summed E-state index contributed by atoms with van der Waals surface area (Å²) in [6.07, 6.45) is -2.11. The Balaban J connectivity index is 2.54. The van der Waals surface area contributed by atoms with Crippen molar-refractivity contribution in [3.05, 3.63) is 29.8 Å². The number of amides is 3. The first-order valence-electron chi connectivity index (χ1n) is 6.77.